The van der Waals surface area contributed by atoms with Crippen molar-refractivity contribution in [1.82, 2.24) is 20.2 Å². The standard InChI is InChI=1S/C19H22N6.ClH/c1-12-18(23-17-15(22-12)11-21-24-17)25-8-6-19(7-9-25)10-13-4-2-3-5-14(13)16(19)20;/h2-5,11,16H,6-10,20H2,1H3,(H,21,23,24);1H/t16-;/m1./s1. The van der Waals surface area contributed by atoms with Crippen LogP contribution in [0.3, 0.4) is 0 Å². The lowest BCUT2D eigenvalue weighted by molar-refractivity contribution is 0.187. The molecule has 7 heteroatoms. The molecule has 1 aliphatic heterocycles. The normalized spacial score (nSPS) is 21.0. The first-order valence-electron chi connectivity index (χ1n) is 8.92. The Morgan fingerprint density at radius 3 is 2.73 bits per heavy atom. The van der Waals surface area contributed by atoms with Crippen molar-refractivity contribution in [3.8, 4) is 0 Å². The molecule has 0 bridgehead atoms. The molecule has 3 N–H and O–H groups in total. The monoisotopic (exact) mass is 370 g/mol. The number of halogens is 1. The van der Waals surface area contributed by atoms with Gasteiger partial charge in [-0.3, -0.25) is 5.10 Å². The van der Waals surface area contributed by atoms with Gasteiger partial charge in [0.25, 0.3) is 0 Å². The predicted molar refractivity (Wildman–Crippen MR) is 105 cm³/mol. The van der Waals surface area contributed by atoms with E-state index in [0.29, 0.717) is 0 Å². The van der Waals surface area contributed by atoms with E-state index in [9.17, 15) is 0 Å². The number of nitrogens with two attached hydrogens (primary N) is 1. The van der Waals surface area contributed by atoms with Crippen molar-refractivity contribution in [3.63, 3.8) is 0 Å². The number of piperidine rings is 1. The second kappa shape index (κ2) is 6.21. The van der Waals surface area contributed by atoms with Crippen LogP contribution in [0.25, 0.3) is 11.2 Å². The molecule has 1 saturated heterocycles. The summed E-state index contributed by atoms with van der Waals surface area (Å²) in [6, 6.07) is 8.80. The van der Waals surface area contributed by atoms with Gasteiger partial charge in [-0.2, -0.15) is 5.10 Å². The highest BCUT2D eigenvalue weighted by atomic mass is 35.5. The van der Waals surface area contributed by atoms with Gasteiger partial charge in [-0.05, 0) is 42.7 Å². The van der Waals surface area contributed by atoms with E-state index >= 15 is 0 Å². The molecule has 1 fully saturated rings. The van der Waals surface area contributed by atoms with Gasteiger partial charge >= 0.3 is 0 Å². The van der Waals surface area contributed by atoms with Gasteiger partial charge in [0, 0.05) is 19.1 Å². The van der Waals surface area contributed by atoms with Crippen LogP contribution in [-0.2, 0) is 6.42 Å². The average Bonchev–Trinajstić information content (AvgIpc) is 3.18. The molecule has 0 radical (unpaired) electrons. The minimum absolute atomic E-state index is 0. The molecule has 5 rings (SSSR count). The fraction of sp³-hybridized carbons (Fsp3) is 0.421. The van der Waals surface area contributed by atoms with E-state index in [0.717, 1.165) is 55.0 Å². The molecule has 3 aromatic rings. The molecule has 26 heavy (non-hydrogen) atoms. The Hall–Kier alpha value is -2.18. The van der Waals surface area contributed by atoms with E-state index in [-0.39, 0.29) is 23.9 Å². The maximum absolute atomic E-state index is 6.67. The van der Waals surface area contributed by atoms with Gasteiger partial charge in [0.2, 0.25) is 0 Å². The van der Waals surface area contributed by atoms with Crippen LogP contribution in [0.2, 0.25) is 0 Å². The molecule has 0 unspecified atom stereocenters. The van der Waals surface area contributed by atoms with Crippen LogP contribution in [0.5, 0.6) is 0 Å². The summed E-state index contributed by atoms with van der Waals surface area (Å²) in [6.45, 7) is 3.96. The van der Waals surface area contributed by atoms with Crippen molar-refractivity contribution < 1.29 is 0 Å². The van der Waals surface area contributed by atoms with Crippen molar-refractivity contribution in [1.29, 1.82) is 0 Å². The number of hydrogen-bond acceptors (Lipinski definition) is 5. The van der Waals surface area contributed by atoms with Gasteiger partial charge in [-0.15, -0.1) is 12.4 Å². The van der Waals surface area contributed by atoms with Crippen molar-refractivity contribution in [3.05, 3.63) is 47.3 Å². The number of fused-ring (bicyclic) bond motifs is 2. The number of anilines is 1. The molecule has 136 valence electrons. The Balaban J connectivity index is 0.00000168. The number of aryl methyl sites for hydroxylation is 1. The molecule has 0 amide bonds. The van der Waals surface area contributed by atoms with Gasteiger partial charge in [-0.1, -0.05) is 24.3 Å². The highest BCUT2D eigenvalue weighted by Gasteiger charge is 2.46. The van der Waals surface area contributed by atoms with Crippen molar-refractivity contribution in [2.45, 2.75) is 32.2 Å². The zero-order chi connectivity index (χ0) is 17.0. The summed E-state index contributed by atoms with van der Waals surface area (Å²) in [6.07, 6.45) is 5.00. The third-order valence-electron chi connectivity index (χ3n) is 6.08. The van der Waals surface area contributed by atoms with Crippen LogP contribution in [0.1, 0.15) is 35.7 Å². The fourth-order valence-corrected chi connectivity index (χ4v) is 4.62. The van der Waals surface area contributed by atoms with Crippen LogP contribution < -0.4 is 10.6 Å². The third-order valence-corrected chi connectivity index (χ3v) is 6.08. The summed E-state index contributed by atoms with van der Waals surface area (Å²) < 4.78 is 0. The zero-order valence-electron chi connectivity index (χ0n) is 14.8. The number of benzene rings is 1. The quantitative estimate of drug-likeness (QED) is 0.688. The number of nitrogens with zero attached hydrogens (tertiary/aromatic N) is 4. The smallest absolute Gasteiger partial charge is 0.176 e. The number of H-pyrrole nitrogens is 1. The Morgan fingerprint density at radius 1 is 1.19 bits per heavy atom. The lowest BCUT2D eigenvalue weighted by Crippen LogP contribution is -2.44. The third kappa shape index (κ3) is 2.47. The molecular weight excluding hydrogens is 348 g/mol. The molecule has 1 aromatic carbocycles. The highest BCUT2D eigenvalue weighted by Crippen LogP contribution is 2.50. The summed E-state index contributed by atoms with van der Waals surface area (Å²) in [4.78, 5) is 11.7. The van der Waals surface area contributed by atoms with E-state index in [2.05, 4.69) is 44.3 Å². The first kappa shape index (κ1) is 17.2. The molecule has 6 nitrogen and oxygen atoms in total. The van der Waals surface area contributed by atoms with Crippen LogP contribution in [-0.4, -0.2) is 33.3 Å². The predicted octanol–water partition coefficient (Wildman–Crippen LogP) is 2.93. The van der Waals surface area contributed by atoms with E-state index in [4.69, 9.17) is 10.7 Å². The zero-order valence-corrected chi connectivity index (χ0v) is 15.6. The summed E-state index contributed by atoms with van der Waals surface area (Å²) >= 11 is 0. The average molecular weight is 371 g/mol. The topological polar surface area (TPSA) is 83.7 Å². The van der Waals surface area contributed by atoms with Gasteiger partial charge in [0.05, 0.1) is 11.9 Å². The highest BCUT2D eigenvalue weighted by molar-refractivity contribution is 5.85. The van der Waals surface area contributed by atoms with Gasteiger partial charge in [0.15, 0.2) is 11.5 Å². The van der Waals surface area contributed by atoms with Gasteiger partial charge in [-0.25, -0.2) is 9.97 Å². The Kier molecular flexibility index (Phi) is 4.12. The minimum atomic E-state index is 0. The van der Waals surface area contributed by atoms with E-state index in [1.54, 1.807) is 6.20 Å². The van der Waals surface area contributed by atoms with E-state index in [1.165, 1.54) is 11.1 Å². The summed E-state index contributed by atoms with van der Waals surface area (Å²) in [7, 11) is 0. The summed E-state index contributed by atoms with van der Waals surface area (Å²) in [5.41, 5.74) is 12.2. The van der Waals surface area contributed by atoms with Crippen molar-refractivity contribution >= 4 is 29.4 Å². The van der Waals surface area contributed by atoms with E-state index in [1.807, 2.05) is 6.92 Å². The van der Waals surface area contributed by atoms with Crippen molar-refractivity contribution in [2.24, 2.45) is 11.1 Å². The second-order valence-electron chi connectivity index (χ2n) is 7.44. The Labute approximate surface area is 158 Å². The second-order valence-corrected chi connectivity index (χ2v) is 7.44. The maximum atomic E-state index is 6.67. The lowest BCUT2D eigenvalue weighted by atomic mass is 9.73. The molecule has 1 spiro atoms. The number of rotatable bonds is 1. The van der Waals surface area contributed by atoms with Crippen LogP contribution in [0.15, 0.2) is 30.5 Å². The molecule has 3 heterocycles. The number of nitrogens with one attached hydrogen (secondary N) is 1. The number of aromatic nitrogens is 4. The molecule has 1 atom stereocenters. The number of hydrogen-bond donors (Lipinski definition) is 2. The van der Waals surface area contributed by atoms with Crippen molar-refractivity contribution in [2.75, 3.05) is 18.0 Å². The molecular formula is C19H23ClN6. The number of aromatic amines is 1. The Morgan fingerprint density at radius 2 is 1.96 bits per heavy atom. The van der Waals surface area contributed by atoms with Crippen LogP contribution in [0.4, 0.5) is 5.82 Å². The van der Waals surface area contributed by atoms with E-state index < -0.39 is 0 Å². The largest absolute Gasteiger partial charge is 0.355 e. The lowest BCUT2D eigenvalue weighted by Gasteiger charge is -2.42. The van der Waals surface area contributed by atoms with Gasteiger partial charge < -0.3 is 10.6 Å². The molecule has 2 aromatic heterocycles. The first-order valence-corrected chi connectivity index (χ1v) is 8.92. The van der Waals surface area contributed by atoms with Crippen LogP contribution >= 0.6 is 12.4 Å². The SMILES string of the molecule is Cc1nc2cn[nH]c2nc1N1CCC2(CC1)Cc1ccccc1[C@H]2N.Cl. The summed E-state index contributed by atoms with van der Waals surface area (Å²) in [5.74, 6) is 0.968. The Bertz CT molecular complexity index is 944. The fourth-order valence-electron chi connectivity index (χ4n) is 4.62. The first-order chi connectivity index (χ1) is 12.2. The maximum Gasteiger partial charge on any atom is 0.176 e. The molecule has 2 aliphatic rings. The molecule has 1 aliphatic carbocycles. The summed E-state index contributed by atoms with van der Waals surface area (Å²) in [5, 5.41) is 6.96. The molecule has 0 saturated carbocycles. The minimum Gasteiger partial charge on any atom is -0.355 e. The van der Waals surface area contributed by atoms with Gasteiger partial charge in [0.1, 0.15) is 5.52 Å². The van der Waals surface area contributed by atoms with Crippen LogP contribution in [0, 0.1) is 12.3 Å².